The molecule has 1 fully saturated rings. The van der Waals surface area contributed by atoms with E-state index in [9.17, 15) is 10.1 Å². The van der Waals surface area contributed by atoms with Crippen molar-refractivity contribution in [3.05, 3.63) is 70.7 Å². The minimum Gasteiger partial charge on any atom is -0.358 e. The second-order valence-corrected chi connectivity index (χ2v) is 7.27. The first-order chi connectivity index (χ1) is 13.2. The number of benzene rings is 1. The quantitative estimate of drug-likeness (QED) is 0.387. The molecule has 134 valence electrons. The molecule has 0 atom stereocenters. The van der Waals surface area contributed by atoms with Crippen molar-refractivity contribution < 1.29 is 4.92 Å². The topological polar surface area (TPSA) is 91.1 Å². The molecule has 3 heterocycles. The van der Waals surface area contributed by atoms with Crippen molar-refractivity contribution in [2.75, 3.05) is 0 Å². The van der Waals surface area contributed by atoms with E-state index in [1.807, 2.05) is 34.9 Å². The first-order valence-corrected chi connectivity index (χ1v) is 9.34. The fraction of sp³-hybridized carbons (Fsp3) is 0.167. The first-order valence-electron chi connectivity index (χ1n) is 8.52. The normalized spacial score (nSPS) is 13.9. The molecule has 0 saturated heterocycles. The standard InChI is InChI=1S/C18H14N6O2S/c25-24(26)17-16(19-14-8-4-5-11-22(14)17)27-18-21-20-15(12-9-10-12)23(18)13-6-2-1-3-7-13/h1-8,11-12H,9-10H2. The van der Waals surface area contributed by atoms with E-state index in [2.05, 4.69) is 15.2 Å². The Kier molecular flexibility index (Phi) is 3.68. The van der Waals surface area contributed by atoms with Crippen molar-refractivity contribution in [1.29, 1.82) is 0 Å². The van der Waals surface area contributed by atoms with Crippen LogP contribution in [0.15, 0.2) is 64.9 Å². The van der Waals surface area contributed by atoms with Crippen LogP contribution in [-0.2, 0) is 0 Å². The van der Waals surface area contributed by atoms with Crippen molar-refractivity contribution in [3.63, 3.8) is 0 Å². The largest absolute Gasteiger partial charge is 0.362 e. The third kappa shape index (κ3) is 2.76. The third-order valence-corrected chi connectivity index (χ3v) is 5.36. The number of aromatic nitrogens is 5. The molecule has 27 heavy (non-hydrogen) atoms. The predicted molar refractivity (Wildman–Crippen MR) is 99.3 cm³/mol. The van der Waals surface area contributed by atoms with Crippen LogP contribution < -0.4 is 0 Å². The van der Waals surface area contributed by atoms with Crippen LogP contribution in [0.3, 0.4) is 0 Å². The highest BCUT2D eigenvalue weighted by Gasteiger charge is 2.32. The van der Waals surface area contributed by atoms with Crippen molar-refractivity contribution in [1.82, 2.24) is 24.1 Å². The number of hydrogen-bond donors (Lipinski definition) is 0. The van der Waals surface area contributed by atoms with Crippen LogP contribution in [0.2, 0.25) is 0 Å². The maximum Gasteiger partial charge on any atom is 0.362 e. The van der Waals surface area contributed by atoms with E-state index in [0.717, 1.165) is 24.4 Å². The van der Waals surface area contributed by atoms with Gasteiger partial charge < -0.3 is 10.1 Å². The van der Waals surface area contributed by atoms with E-state index in [4.69, 9.17) is 0 Å². The molecule has 5 rings (SSSR count). The van der Waals surface area contributed by atoms with Crippen molar-refractivity contribution >= 4 is 23.2 Å². The molecule has 9 heteroatoms. The van der Waals surface area contributed by atoms with Crippen LogP contribution in [0.4, 0.5) is 5.82 Å². The molecule has 0 bridgehead atoms. The Morgan fingerprint density at radius 2 is 1.85 bits per heavy atom. The predicted octanol–water partition coefficient (Wildman–Crippen LogP) is 3.85. The summed E-state index contributed by atoms with van der Waals surface area (Å²) in [7, 11) is 0. The van der Waals surface area contributed by atoms with Gasteiger partial charge in [-0.05, 0) is 47.7 Å². The smallest absolute Gasteiger partial charge is 0.358 e. The molecule has 3 aromatic heterocycles. The average molecular weight is 378 g/mol. The highest BCUT2D eigenvalue weighted by atomic mass is 32.2. The number of nitro groups is 1. The lowest BCUT2D eigenvalue weighted by Gasteiger charge is -2.08. The van der Waals surface area contributed by atoms with Gasteiger partial charge in [0.05, 0.1) is 6.20 Å². The zero-order valence-electron chi connectivity index (χ0n) is 14.1. The van der Waals surface area contributed by atoms with Gasteiger partial charge in [-0.2, -0.15) is 9.38 Å². The molecule has 1 aliphatic rings. The Bertz CT molecular complexity index is 1150. The summed E-state index contributed by atoms with van der Waals surface area (Å²) in [6.45, 7) is 0. The number of imidazole rings is 1. The molecule has 0 amide bonds. The van der Waals surface area contributed by atoms with E-state index >= 15 is 0 Å². The fourth-order valence-corrected chi connectivity index (χ4v) is 4.00. The molecule has 0 spiro atoms. The molecule has 0 aliphatic heterocycles. The lowest BCUT2D eigenvalue weighted by Crippen LogP contribution is -2.02. The summed E-state index contributed by atoms with van der Waals surface area (Å²) < 4.78 is 3.46. The van der Waals surface area contributed by atoms with E-state index < -0.39 is 4.92 Å². The molecular weight excluding hydrogens is 364 g/mol. The number of pyridine rings is 1. The minimum atomic E-state index is -0.409. The van der Waals surface area contributed by atoms with Gasteiger partial charge in [-0.25, -0.2) is 0 Å². The summed E-state index contributed by atoms with van der Waals surface area (Å²) in [6.07, 6.45) is 3.82. The minimum absolute atomic E-state index is 0.0637. The highest BCUT2D eigenvalue weighted by Crippen LogP contribution is 2.42. The van der Waals surface area contributed by atoms with E-state index in [0.29, 0.717) is 21.7 Å². The zero-order chi connectivity index (χ0) is 18.4. The van der Waals surface area contributed by atoms with Crippen LogP contribution in [-0.4, -0.2) is 29.1 Å². The summed E-state index contributed by atoms with van der Waals surface area (Å²) >= 11 is 1.17. The first kappa shape index (κ1) is 16.0. The van der Waals surface area contributed by atoms with E-state index in [-0.39, 0.29) is 5.82 Å². The molecule has 0 radical (unpaired) electrons. The molecular formula is C18H14N6O2S. The Morgan fingerprint density at radius 3 is 2.59 bits per heavy atom. The number of hydrogen-bond acceptors (Lipinski definition) is 6. The SMILES string of the molecule is O=[N+]([O-])c1c(Sc2nnc(C3CC3)n2-c2ccccc2)nc2ccccn12. The summed E-state index contributed by atoms with van der Waals surface area (Å²) in [5.41, 5.74) is 1.47. The van der Waals surface area contributed by atoms with E-state index in [1.165, 1.54) is 16.2 Å². The van der Waals surface area contributed by atoms with Gasteiger partial charge in [0.2, 0.25) is 15.8 Å². The molecule has 0 N–H and O–H groups in total. The van der Waals surface area contributed by atoms with Crippen molar-refractivity contribution in [3.8, 4) is 5.69 Å². The van der Waals surface area contributed by atoms with Crippen LogP contribution in [0.1, 0.15) is 24.6 Å². The van der Waals surface area contributed by atoms with E-state index in [1.54, 1.807) is 24.4 Å². The number of fused-ring (bicyclic) bond motifs is 1. The van der Waals surface area contributed by atoms with Gasteiger partial charge in [0.25, 0.3) is 0 Å². The van der Waals surface area contributed by atoms with Crippen LogP contribution in [0.25, 0.3) is 11.3 Å². The monoisotopic (exact) mass is 378 g/mol. The summed E-state index contributed by atoms with van der Waals surface area (Å²) in [5.74, 6) is 1.23. The van der Waals surface area contributed by atoms with Gasteiger partial charge in [0.15, 0.2) is 0 Å². The number of para-hydroxylation sites is 1. The highest BCUT2D eigenvalue weighted by molar-refractivity contribution is 7.99. The van der Waals surface area contributed by atoms with Crippen LogP contribution in [0, 0.1) is 10.1 Å². The Balaban J connectivity index is 1.64. The second kappa shape index (κ2) is 6.20. The van der Waals surface area contributed by atoms with Gasteiger partial charge in [0, 0.05) is 17.7 Å². The second-order valence-electron chi connectivity index (χ2n) is 6.31. The average Bonchev–Trinajstić information content (AvgIpc) is 3.33. The van der Waals surface area contributed by atoms with Gasteiger partial charge in [-0.15, -0.1) is 10.2 Å². The number of nitrogens with zero attached hydrogens (tertiary/aromatic N) is 6. The Hall–Kier alpha value is -3.20. The van der Waals surface area contributed by atoms with Crippen LogP contribution in [0.5, 0.6) is 0 Å². The molecule has 1 aliphatic carbocycles. The third-order valence-electron chi connectivity index (χ3n) is 4.45. The van der Waals surface area contributed by atoms with Gasteiger partial charge >= 0.3 is 5.82 Å². The van der Waals surface area contributed by atoms with Crippen molar-refractivity contribution in [2.45, 2.75) is 28.9 Å². The maximum atomic E-state index is 11.7. The summed E-state index contributed by atoms with van der Waals surface area (Å²) in [4.78, 5) is 15.7. The van der Waals surface area contributed by atoms with Crippen molar-refractivity contribution in [2.24, 2.45) is 0 Å². The lowest BCUT2D eigenvalue weighted by atomic mass is 10.3. The lowest BCUT2D eigenvalue weighted by molar-refractivity contribution is -0.393. The van der Waals surface area contributed by atoms with Crippen LogP contribution >= 0.6 is 11.8 Å². The molecule has 8 nitrogen and oxygen atoms in total. The zero-order valence-corrected chi connectivity index (χ0v) is 14.9. The molecule has 1 saturated carbocycles. The van der Waals surface area contributed by atoms with Gasteiger partial charge in [0.1, 0.15) is 5.82 Å². The maximum absolute atomic E-state index is 11.7. The Labute approximate surface area is 158 Å². The summed E-state index contributed by atoms with van der Waals surface area (Å²) in [5, 5.41) is 21.2. The van der Waals surface area contributed by atoms with Gasteiger partial charge in [-0.1, -0.05) is 24.3 Å². The fourth-order valence-electron chi connectivity index (χ4n) is 3.06. The van der Waals surface area contributed by atoms with Gasteiger partial charge in [-0.3, -0.25) is 4.57 Å². The molecule has 0 unspecified atom stereocenters. The Morgan fingerprint density at radius 1 is 1.07 bits per heavy atom. The molecule has 1 aromatic carbocycles. The summed E-state index contributed by atoms with van der Waals surface area (Å²) in [6, 6.07) is 15.1. The number of rotatable bonds is 5. The molecule has 4 aromatic rings.